The highest BCUT2D eigenvalue weighted by Gasteiger charge is 2.04. The third-order valence-corrected chi connectivity index (χ3v) is 1.89. The van der Waals surface area contributed by atoms with Crippen molar-refractivity contribution in [3.63, 3.8) is 0 Å². The zero-order chi connectivity index (χ0) is 8.69. The Morgan fingerprint density at radius 3 is 2.27 bits per heavy atom. The summed E-state index contributed by atoms with van der Waals surface area (Å²) in [4.78, 5) is 0. The lowest BCUT2D eigenvalue weighted by molar-refractivity contribution is 0.258. The zero-order valence-corrected chi connectivity index (χ0v) is 7.51. The maximum atomic E-state index is 8.63. The standard InChI is InChI=1S/C8H20N2O/c1-3-8(4-2)10-5-7(9)6-11/h7-8,10-11H,3-6,9H2,1-2H3/t7-/m0/s1. The maximum absolute atomic E-state index is 8.63. The molecule has 1 atom stereocenters. The van der Waals surface area contributed by atoms with Gasteiger partial charge in [0.25, 0.3) is 0 Å². The van der Waals surface area contributed by atoms with Crippen LogP contribution >= 0.6 is 0 Å². The van der Waals surface area contributed by atoms with E-state index in [9.17, 15) is 0 Å². The van der Waals surface area contributed by atoms with Crippen LogP contribution in [-0.4, -0.2) is 30.3 Å². The predicted molar refractivity (Wildman–Crippen MR) is 47.4 cm³/mol. The summed E-state index contributed by atoms with van der Waals surface area (Å²) in [7, 11) is 0. The van der Waals surface area contributed by atoms with Gasteiger partial charge in [0.1, 0.15) is 0 Å². The first-order valence-electron chi connectivity index (χ1n) is 4.34. The van der Waals surface area contributed by atoms with Crippen LogP contribution in [-0.2, 0) is 0 Å². The lowest BCUT2D eigenvalue weighted by Crippen LogP contribution is -2.41. The van der Waals surface area contributed by atoms with Gasteiger partial charge in [0.15, 0.2) is 0 Å². The van der Waals surface area contributed by atoms with Gasteiger partial charge in [0, 0.05) is 18.6 Å². The molecule has 0 aromatic rings. The molecule has 0 heterocycles. The second kappa shape index (κ2) is 6.58. The van der Waals surface area contributed by atoms with Crippen LogP contribution in [0.2, 0.25) is 0 Å². The summed E-state index contributed by atoms with van der Waals surface area (Å²) in [6.07, 6.45) is 2.24. The second-order valence-electron chi connectivity index (χ2n) is 2.86. The molecule has 68 valence electrons. The zero-order valence-electron chi connectivity index (χ0n) is 7.51. The lowest BCUT2D eigenvalue weighted by atomic mass is 10.1. The molecular weight excluding hydrogens is 140 g/mol. The highest BCUT2D eigenvalue weighted by atomic mass is 16.3. The molecule has 0 aliphatic carbocycles. The number of nitrogens with two attached hydrogens (primary N) is 1. The quantitative estimate of drug-likeness (QED) is 0.516. The summed E-state index contributed by atoms with van der Waals surface area (Å²) in [5, 5.41) is 11.9. The first-order valence-corrected chi connectivity index (χ1v) is 4.34. The van der Waals surface area contributed by atoms with Gasteiger partial charge in [0.05, 0.1) is 6.61 Å². The van der Waals surface area contributed by atoms with E-state index >= 15 is 0 Å². The van der Waals surface area contributed by atoms with Gasteiger partial charge >= 0.3 is 0 Å². The van der Waals surface area contributed by atoms with Crippen LogP contribution in [0.25, 0.3) is 0 Å². The Bertz CT molecular complexity index is 84.2. The van der Waals surface area contributed by atoms with Crippen molar-refractivity contribution >= 4 is 0 Å². The van der Waals surface area contributed by atoms with Crippen molar-refractivity contribution in [1.82, 2.24) is 5.32 Å². The Hall–Kier alpha value is -0.120. The fourth-order valence-corrected chi connectivity index (χ4v) is 0.960. The molecule has 0 aliphatic heterocycles. The van der Waals surface area contributed by atoms with E-state index in [1.54, 1.807) is 0 Å². The lowest BCUT2D eigenvalue weighted by Gasteiger charge is -2.16. The Kier molecular flexibility index (Phi) is 6.51. The van der Waals surface area contributed by atoms with Gasteiger partial charge in [-0.2, -0.15) is 0 Å². The van der Waals surface area contributed by atoms with E-state index in [1.165, 1.54) is 0 Å². The number of rotatable bonds is 6. The van der Waals surface area contributed by atoms with Gasteiger partial charge in [-0.15, -0.1) is 0 Å². The molecule has 4 N–H and O–H groups in total. The highest BCUT2D eigenvalue weighted by molar-refractivity contribution is 4.68. The first kappa shape index (κ1) is 10.9. The molecule has 0 saturated carbocycles. The van der Waals surface area contributed by atoms with Crippen LogP contribution in [0, 0.1) is 0 Å². The maximum Gasteiger partial charge on any atom is 0.0594 e. The second-order valence-corrected chi connectivity index (χ2v) is 2.86. The number of hydrogen-bond donors (Lipinski definition) is 3. The Labute approximate surface area is 69.0 Å². The van der Waals surface area contributed by atoms with E-state index in [4.69, 9.17) is 10.8 Å². The summed E-state index contributed by atoms with van der Waals surface area (Å²) in [6.45, 7) is 5.06. The van der Waals surface area contributed by atoms with Crippen LogP contribution in [0.5, 0.6) is 0 Å². The summed E-state index contributed by atoms with van der Waals surface area (Å²) in [5.41, 5.74) is 5.52. The third kappa shape index (κ3) is 5.18. The molecule has 0 aromatic carbocycles. The SMILES string of the molecule is CCC(CC)NC[C@H](N)CO. The Morgan fingerprint density at radius 2 is 1.91 bits per heavy atom. The highest BCUT2D eigenvalue weighted by Crippen LogP contribution is 1.94. The van der Waals surface area contributed by atoms with Crippen molar-refractivity contribution in [1.29, 1.82) is 0 Å². The van der Waals surface area contributed by atoms with E-state index in [2.05, 4.69) is 19.2 Å². The molecule has 0 spiro atoms. The fraction of sp³-hybridized carbons (Fsp3) is 1.00. The summed E-state index contributed by atoms with van der Waals surface area (Å²) in [5.74, 6) is 0. The summed E-state index contributed by atoms with van der Waals surface area (Å²) >= 11 is 0. The monoisotopic (exact) mass is 160 g/mol. The molecule has 0 radical (unpaired) electrons. The molecular formula is C8H20N2O. The fourth-order valence-electron chi connectivity index (χ4n) is 0.960. The van der Waals surface area contributed by atoms with Gasteiger partial charge in [-0.05, 0) is 12.8 Å². The van der Waals surface area contributed by atoms with Gasteiger partial charge in [-0.25, -0.2) is 0 Å². The van der Waals surface area contributed by atoms with Crippen molar-refractivity contribution in [3.8, 4) is 0 Å². The van der Waals surface area contributed by atoms with E-state index in [0.717, 1.165) is 12.8 Å². The van der Waals surface area contributed by atoms with E-state index in [0.29, 0.717) is 12.6 Å². The van der Waals surface area contributed by atoms with Crippen LogP contribution < -0.4 is 11.1 Å². The minimum absolute atomic E-state index is 0.0626. The number of aliphatic hydroxyl groups excluding tert-OH is 1. The minimum atomic E-state index is -0.115. The summed E-state index contributed by atoms with van der Waals surface area (Å²) < 4.78 is 0. The van der Waals surface area contributed by atoms with Crippen molar-refractivity contribution in [2.45, 2.75) is 38.8 Å². The average molecular weight is 160 g/mol. The number of nitrogens with one attached hydrogen (secondary N) is 1. The van der Waals surface area contributed by atoms with Crippen molar-refractivity contribution in [2.75, 3.05) is 13.2 Å². The molecule has 0 amide bonds. The van der Waals surface area contributed by atoms with Crippen LogP contribution in [0.15, 0.2) is 0 Å². The largest absolute Gasteiger partial charge is 0.395 e. The summed E-state index contributed by atoms with van der Waals surface area (Å²) in [6, 6.07) is 0.434. The van der Waals surface area contributed by atoms with E-state index < -0.39 is 0 Å². The van der Waals surface area contributed by atoms with Gasteiger partial charge in [-0.1, -0.05) is 13.8 Å². The van der Waals surface area contributed by atoms with Gasteiger partial charge in [-0.3, -0.25) is 0 Å². The van der Waals surface area contributed by atoms with Crippen LogP contribution in [0.1, 0.15) is 26.7 Å². The molecule has 0 aliphatic rings. The third-order valence-electron chi connectivity index (χ3n) is 1.89. The number of aliphatic hydroxyl groups is 1. The van der Waals surface area contributed by atoms with Crippen LogP contribution in [0.4, 0.5) is 0 Å². The molecule has 0 rings (SSSR count). The predicted octanol–water partition coefficient (Wildman–Crippen LogP) is 0.0842. The molecule has 0 saturated heterocycles. The molecule has 0 fully saturated rings. The smallest absolute Gasteiger partial charge is 0.0594 e. The van der Waals surface area contributed by atoms with E-state index in [-0.39, 0.29) is 12.6 Å². The normalized spacial score (nSPS) is 13.9. The topological polar surface area (TPSA) is 58.3 Å². The molecule has 3 heteroatoms. The van der Waals surface area contributed by atoms with Crippen LogP contribution in [0.3, 0.4) is 0 Å². The molecule has 0 aromatic heterocycles. The van der Waals surface area contributed by atoms with E-state index in [1.807, 2.05) is 0 Å². The minimum Gasteiger partial charge on any atom is -0.395 e. The van der Waals surface area contributed by atoms with Gasteiger partial charge in [0.2, 0.25) is 0 Å². The Balaban J connectivity index is 3.34. The van der Waals surface area contributed by atoms with Crippen molar-refractivity contribution in [3.05, 3.63) is 0 Å². The Morgan fingerprint density at radius 1 is 1.36 bits per heavy atom. The average Bonchev–Trinajstić information content (AvgIpc) is 2.06. The first-order chi connectivity index (χ1) is 5.24. The van der Waals surface area contributed by atoms with Crippen molar-refractivity contribution in [2.24, 2.45) is 5.73 Å². The van der Waals surface area contributed by atoms with Crippen molar-refractivity contribution < 1.29 is 5.11 Å². The van der Waals surface area contributed by atoms with Gasteiger partial charge < -0.3 is 16.2 Å². The molecule has 0 unspecified atom stereocenters. The molecule has 11 heavy (non-hydrogen) atoms. The molecule has 3 nitrogen and oxygen atoms in total. The molecule has 0 bridgehead atoms. The number of hydrogen-bond acceptors (Lipinski definition) is 3.